The number of nitriles is 1. The van der Waals surface area contributed by atoms with E-state index in [9.17, 15) is 9.65 Å². The van der Waals surface area contributed by atoms with Crippen molar-refractivity contribution in [1.82, 2.24) is 0 Å². The second kappa shape index (κ2) is 10.3. The maximum atomic E-state index is 14.2. The third-order valence-corrected chi connectivity index (χ3v) is 4.84. The summed E-state index contributed by atoms with van der Waals surface area (Å²) in [5.74, 6) is 0.736. The second-order valence-electron chi connectivity index (χ2n) is 7.13. The number of methoxy groups -OCH3 is 1. The van der Waals surface area contributed by atoms with E-state index in [1.807, 2.05) is 37.3 Å². The van der Waals surface area contributed by atoms with E-state index in [4.69, 9.17) is 9.47 Å². The lowest BCUT2D eigenvalue weighted by Crippen LogP contribution is -2.02. The van der Waals surface area contributed by atoms with Crippen molar-refractivity contribution in [3.05, 3.63) is 107 Å². The molecule has 0 bridgehead atoms. The molecule has 3 rings (SSSR count). The van der Waals surface area contributed by atoms with Crippen LogP contribution in [0.2, 0.25) is 0 Å². The van der Waals surface area contributed by atoms with Gasteiger partial charge in [-0.3, -0.25) is 0 Å². The van der Waals surface area contributed by atoms with Gasteiger partial charge >= 0.3 is 0 Å². The van der Waals surface area contributed by atoms with E-state index in [0.717, 1.165) is 16.7 Å². The van der Waals surface area contributed by atoms with Crippen molar-refractivity contribution in [1.29, 1.82) is 5.26 Å². The molecule has 156 valence electrons. The molecule has 0 aliphatic heterocycles. The predicted molar refractivity (Wildman–Crippen MR) is 122 cm³/mol. The maximum absolute atomic E-state index is 14.2. The lowest BCUT2D eigenvalue weighted by Gasteiger charge is -2.16. The van der Waals surface area contributed by atoms with E-state index in [1.165, 1.54) is 11.6 Å². The van der Waals surface area contributed by atoms with Gasteiger partial charge in [0.2, 0.25) is 0 Å². The highest BCUT2D eigenvalue weighted by molar-refractivity contribution is 5.90. The Labute approximate surface area is 182 Å². The zero-order valence-corrected chi connectivity index (χ0v) is 17.7. The van der Waals surface area contributed by atoms with Gasteiger partial charge in [0.05, 0.1) is 18.8 Å². The van der Waals surface area contributed by atoms with E-state index in [-0.39, 0.29) is 11.1 Å². The largest absolute Gasteiger partial charge is 0.493 e. The van der Waals surface area contributed by atoms with E-state index in [2.05, 4.69) is 12.6 Å². The van der Waals surface area contributed by atoms with Gasteiger partial charge in [-0.25, -0.2) is 4.39 Å². The summed E-state index contributed by atoms with van der Waals surface area (Å²) < 4.78 is 25.9. The molecule has 0 saturated carbocycles. The first-order valence-electron chi connectivity index (χ1n) is 9.92. The van der Waals surface area contributed by atoms with Crippen LogP contribution < -0.4 is 9.47 Å². The maximum Gasteiger partial charge on any atom is 0.165 e. The number of nitrogens with zero attached hydrogens (tertiary/aromatic N) is 1. The molecule has 0 saturated heterocycles. The lowest BCUT2D eigenvalue weighted by molar-refractivity contribution is 0.282. The number of hydrogen-bond donors (Lipinski definition) is 0. The first-order chi connectivity index (χ1) is 15.0. The van der Waals surface area contributed by atoms with Crippen LogP contribution in [0.25, 0.3) is 11.6 Å². The standard InChI is InChI=1S/C27H24FNO2/c1-4-7-22-14-21(15-23(17-29)24-8-5-6-9-25(24)28)16-26(30-3)27(22)31-18-20-12-10-19(2)11-13-20/h4-6,8-16H,1,7,18H2,2-3H3. The molecule has 0 fully saturated rings. The zero-order valence-electron chi connectivity index (χ0n) is 17.7. The van der Waals surface area contributed by atoms with Gasteiger partial charge < -0.3 is 9.47 Å². The van der Waals surface area contributed by atoms with Crippen molar-refractivity contribution >= 4 is 11.6 Å². The van der Waals surface area contributed by atoms with Crippen molar-refractivity contribution < 1.29 is 13.9 Å². The van der Waals surface area contributed by atoms with Crippen molar-refractivity contribution in [2.24, 2.45) is 0 Å². The van der Waals surface area contributed by atoms with Gasteiger partial charge in [-0.15, -0.1) is 6.58 Å². The highest BCUT2D eigenvalue weighted by atomic mass is 19.1. The summed E-state index contributed by atoms with van der Waals surface area (Å²) in [7, 11) is 1.57. The quantitative estimate of drug-likeness (QED) is 0.240. The summed E-state index contributed by atoms with van der Waals surface area (Å²) in [6, 6.07) is 20.2. The molecule has 3 aromatic rings. The zero-order chi connectivity index (χ0) is 22.2. The average molecular weight is 413 g/mol. The summed E-state index contributed by atoms with van der Waals surface area (Å²) in [6.45, 7) is 6.27. The van der Waals surface area contributed by atoms with Gasteiger partial charge in [0.15, 0.2) is 11.5 Å². The van der Waals surface area contributed by atoms with Crippen molar-refractivity contribution in [3.8, 4) is 17.6 Å². The van der Waals surface area contributed by atoms with E-state index in [0.29, 0.717) is 24.5 Å². The first kappa shape index (κ1) is 21.9. The SMILES string of the molecule is C=CCc1cc(C=C(C#N)c2ccccc2F)cc(OC)c1OCc1ccc(C)cc1. The van der Waals surface area contributed by atoms with Gasteiger partial charge in [-0.05, 0) is 48.7 Å². The first-order valence-corrected chi connectivity index (χ1v) is 9.92. The molecule has 3 aromatic carbocycles. The molecule has 0 amide bonds. The Bertz CT molecular complexity index is 1140. The molecular formula is C27H24FNO2. The molecule has 3 nitrogen and oxygen atoms in total. The van der Waals surface area contributed by atoms with Gasteiger partial charge in [-0.2, -0.15) is 5.26 Å². The van der Waals surface area contributed by atoms with Crippen molar-refractivity contribution in [3.63, 3.8) is 0 Å². The third-order valence-electron chi connectivity index (χ3n) is 4.84. The number of aryl methyl sites for hydroxylation is 1. The fourth-order valence-corrected chi connectivity index (χ4v) is 3.25. The summed E-state index contributed by atoms with van der Waals surface area (Å²) in [6.07, 6.45) is 3.99. The summed E-state index contributed by atoms with van der Waals surface area (Å²) in [4.78, 5) is 0. The van der Waals surface area contributed by atoms with E-state index in [1.54, 1.807) is 43.5 Å². The Morgan fingerprint density at radius 2 is 1.87 bits per heavy atom. The summed E-state index contributed by atoms with van der Waals surface area (Å²) in [5, 5.41) is 9.59. The van der Waals surface area contributed by atoms with E-state index < -0.39 is 5.82 Å². The minimum Gasteiger partial charge on any atom is -0.493 e. The third kappa shape index (κ3) is 5.40. The second-order valence-corrected chi connectivity index (χ2v) is 7.13. The van der Waals surface area contributed by atoms with Crippen LogP contribution in [0.5, 0.6) is 11.5 Å². The Morgan fingerprint density at radius 3 is 2.52 bits per heavy atom. The Morgan fingerprint density at radius 1 is 1.13 bits per heavy atom. The monoisotopic (exact) mass is 413 g/mol. The van der Waals surface area contributed by atoms with Crippen molar-refractivity contribution in [2.45, 2.75) is 20.0 Å². The molecule has 0 radical (unpaired) electrons. The van der Waals surface area contributed by atoms with Gasteiger partial charge in [-0.1, -0.05) is 54.1 Å². The van der Waals surface area contributed by atoms with Crippen LogP contribution in [0.15, 0.2) is 73.3 Å². The summed E-state index contributed by atoms with van der Waals surface area (Å²) in [5.41, 5.74) is 4.32. The molecule has 0 aromatic heterocycles. The number of ether oxygens (including phenoxy) is 2. The molecule has 0 atom stereocenters. The molecule has 4 heteroatoms. The average Bonchev–Trinajstić information content (AvgIpc) is 2.78. The molecule has 0 aliphatic rings. The molecule has 0 unspecified atom stereocenters. The molecule has 0 heterocycles. The van der Waals surface area contributed by atoms with Crippen LogP contribution >= 0.6 is 0 Å². The van der Waals surface area contributed by atoms with Crippen LogP contribution in [0.1, 0.15) is 27.8 Å². The Balaban J connectivity index is 1.99. The molecule has 0 spiro atoms. The fraction of sp³-hybridized carbons (Fsp3) is 0.148. The van der Waals surface area contributed by atoms with Crippen molar-refractivity contribution in [2.75, 3.05) is 7.11 Å². The fourth-order valence-electron chi connectivity index (χ4n) is 3.25. The van der Waals surface area contributed by atoms with Gasteiger partial charge in [0, 0.05) is 11.1 Å². The van der Waals surface area contributed by atoms with E-state index >= 15 is 0 Å². The van der Waals surface area contributed by atoms with Crippen LogP contribution in [0.4, 0.5) is 4.39 Å². The smallest absolute Gasteiger partial charge is 0.165 e. The number of allylic oxidation sites excluding steroid dienone is 2. The van der Waals surface area contributed by atoms with Gasteiger partial charge in [0.1, 0.15) is 12.4 Å². The normalized spacial score (nSPS) is 11.0. The number of hydrogen-bond acceptors (Lipinski definition) is 3. The predicted octanol–water partition coefficient (Wildman–Crippen LogP) is 6.51. The lowest BCUT2D eigenvalue weighted by atomic mass is 10.0. The topological polar surface area (TPSA) is 42.2 Å². The van der Waals surface area contributed by atoms with Gasteiger partial charge in [0.25, 0.3) is 0 Å². The highest BCUT2D eigenvalue weighted by Crippen LogP contribution is 2.35. The van der Waals surface area contributed by atoms with Crippen LogP contribution in [-0.2, 0) is 13.0 Å². The van der Waals surface area contributed by atoms with Crippen LogP contribution in [0, 0.1) is 24.1 Å². The molecule has 0 N–H and O–H groups in total. The van der Waals surface area contributed by atoms with Crippen LogP contribution in [0.3, 0.4) is 0 Å². The number of rotatable bonds is 8. The Hall–Kier alpha value is -3.84. The minimum absolute atomic E-state index is 0.234. The molecule has 31 heavy (non-hydrogen) atoms. The summed E-state index contributed by atoms with van der Waals surface area (Å²) >= 11 is 0. The number of benzene rings is 3. The molecular weight excluding hydrogens is 389 g/mol. The van der Waals surface area contributed by atoms with Crippen LogP contribution in [-0.4, -0.2) is 7.11 Å². The highest BCUT2D eigenvalue weighted by Gasteiger charge is 2.14. The Kier molecular flexibility index (Phi) is 7.24. The molecule has 0 aliphatic carbocycles. The number of halogens is 1. The minimum atomic E-state index is -0.438.